The average molecular weight is 392 g/mol. The highest BCUT2D eigenvalue weighted by molar-refractivity contribution is 5.13. The third-order valence-electron chi connectivity index (χ3n) is 5.23. The molecule has 1 aromatic carbocycles. The van der Waals surface area contributed by atoms with Crippen LogP contribution in [0.4, 0.5) is 0 Å². The number of hydrogen-bond donors (Lipinski definition) is 4. The predicted octanol–water partition coefficient (Wildman–Crippen LogP) is 1.41. The summed E-state index contributed by atoms with van der Waals surface area (Å²) in [6.07, 6.45) is -3.47. The van der Waals surface area contributed by atoms with Crippen LogP contribution in [0.5, 0.6) is 0 Å². The summed E-state index contributed by atoms with van der Waals surface area (Å²) in [5.74, 6) is 0.00288. The maximum absolute atomic E-state index is 10.7. The molecule has 0 amide bonds. The monoisotopic (exact) mass is 392 g/mol. The number of ether oxygens (including phenoxy) is 2. The minimum Gasteiger partial charge on any atom is -0.466 e. The van der Waals surface area contributed by atoms with Gasteiger partial charge >= 0.3 is 0 Å². The van der Waals surface area contributed by atoms with E-state index >= 15 is 0 Å². The summed E-state index contributed by atoms with van der Waals surface area (Å²) in [5, 5.41) is 40.2. The van der Waals surface area contributed by atoms with E-state index in [4.69, 9.17) is 13.9 Å². The topological polar surface area (TPSA) is 113 Å². The molecule has 7 atom stereocenters. The van der Waals surface area contributed by atoms with Crippen molar-refractivity contribution in [2.24, 2.45) is 5.92 Å². The van der Waals surface area contributed by atoms with E-state index in [0.29, 0.717) is 6.61 Å². The number of aliphatic hydroxyl groups excluding tert-OH is 4. The van der Waals surface area contributed by atoms with E-state index in [-0.39, 0.29) is 24.7 Å². The highest BCUT2D eigenvalue weighted by Gasteiger charge is 2.48. The maximum Gasteiger partial charge on any atom is 0.140 e. The Morgan fingerprint density at radius 2 is 1.82 bits per heavy atom. The van der Waals surface area contributed by atoms with Gasteiger partial charge in [0.1, 0.15) is 18.0 Å². The number of hydrogen-bond acceptors (Lipinski definition) is 7. The Balaban J connectivity index is 1.71. The third-order valence-corrected chi connectivity index (χ3v) is 5.23. The van der Waals surface area contributed by atoms with Crippen LogP contribution in [-0.2, 0) is 16.1 Å². The fourth-order valence-electron chi connectivity index (χ4n) is 3.69. The zero-order chi connectivity index (χ0) is 20.1. The molecule has 3 rings (SSSR count). The van der Waals surface area contributed by atoms with E-state index in [0.717, 1.165) is 5.56 Å². The second-order valence-corrected chi connectivity index (χ2v) is 7.28. The standard InChI is InChI=1S/C21H28O7/c1-13-20(27-12-14-6-3-2-4-7-14)17(10-15(23)11-22)28-21(13)19(25)18(24)16-8-5-9-26-16/h2-9,13,15,17-25H,10-12H2,1H3/t13-,15-,17-,18+,19-,20-,21-/m1/s1. The fraction of sp³-hybridized carbons (Fsp3) is 0.524. The Kier molecular flexibility index (Phi) is 7.23. The SMILES string of the molecule is C[C@H]1[C@H]([C@H](O)[C@@H](O)c2ccco2)O[C@H](C[C@@H](O)CO)[C@@H]1OCc1ccccc1. The van der Waals surface area contributed by atoms with Gasteiger partial charge in [-0.25, -0.2) is 0 Å². The smallest absolute Gasteiger partial charge is 0.140 e. The van der Waals surface area contributed by atoms with Gasteiger partial charge in [0.2, 0.25) is 0 Å². The molecule has 2 aromatic rings. The van der Waals surface area contributed by atoms with Crippen molar-refractivity contribution in [1.29, 1.82) is 0 Å². The maximum atomic E-state index is 10.7. The van der Waals surface area contributed by atoms with Crippen LogP contribution >= 0.6 is 0 Å². The molecule has 1 aliphatic heterocycles. The van der Waals surface area contributed by atoms with Gasteiger partial charge in [0, 0.05) is 12.3 Å². The van der Waals surface area contributed by atoms with Gasteiger partial charge in [-0.05, 0) is 17.7 Å². The summed E-state index contributed by atoms with van der Waals surface area (Å²) < 4.78 is 17.2. The molecule has 1 saturated heterocycles. The molecular weight excluding hydrogens is 364 g/mol. The van der Waals surface area contributed by atoms with Crippen LogP contribution in [0.1, 0.15) is 30.8 Å². The molecule has 28 heavy (non-hydrogen) atoms. The number of aliphatic hydroxyl groups is 4. The van der Waals surface area contributed by atoms with Crippen molar-refractivity contribution in [3.63, 3.8) is 0 Å². The van der Waals surface area contributed by atoms with Crippen molar-refractivity contribution in [3.8, 4) is 0 Å². The number of rotatable bonds is 9. The van der Waals surface area contributed by atoms with E-state index in [1.807, 2.05) is 37.3 Å². The van der Waals surface area contributed by atoms with Gasteiger partial charge in [0.15, 0.2) is 0 Å². The Bertz CT molecular complexity index is 690. The van der Waals surface area contributed by atoms with E-state index in [9.17, 15) is 20.4 Å². The zero-order valence-electron chi connectivity index (χ0n) is 15.8. The Labute approximate surface area is 164 Å². The molecule has 0 bridgehead atoms. The van der Waals surface area contributed by atoms with Crippen LogP contribution in [0.3, 0.4) is 0 Å². The minimum absolute atomic E-state index is 0.167. The molecule has 0 saturated carbocycles. The molecule has 0 spiro atoms. The molecule has 2 heterocycles. The van der Waals surface area contributed by atoms with E-state index in [2.05, 4.69) is 0 Å². The van der Waals surface area contributed by atoms with Crippen LogP contribution in [0.2, 0.25) is 0 Å². The van der Waals surface area contributed by atoms with Gasteiger partial charge in [-0.3, -0.25) is 0 Å². The fourth-order valence-corrected chi connectivity index (χ4v) is 3.69. The van der Waals surface area contributed by atoms with Gasteiger partial charge in [-0.2, -0.15) is 0 Å². The highest BCUT2D eigenvalue weighted by Crippen LogP contribution is 2.37. The normalized spacial score (nSPS) is 28.2. The van der Waals surface area contributed by atoms with Crippen molar-refractivity contribution < 1.29 is 34.3 Å². The molecule has 0 unspecified atom stereocenters. The molecule has 7 nitrogen and oxygen atoms in total. The quantitative estimate of drug-likeness (QED) is 0.510. The third kappa shape index (κ3) is 4.81. The van der Waals surface area contributed by atoms with Crippen molar-refractivity contribution in [2.45, 2.75) is 56.6 Å². The molecule has 7 heteroatoms. The van der Waals surface area contributed by atoms with Crippen molar-refractivity contribution in [3.05, 3.63) is 60.1 Å². The molecule has 0 aliphatic carbocycles. The lowest BCUT2D eigenvalue weighted by Crippen LogP contribution is -2.37. The summed E-state index contributed by atoms with van der Waals surface area (Å²) in [4.78, 5) is 0. The summed E-state index contributed by atoms with van der Waals surface area (Å²) in [6, 6.07) is 12.9. The van der Waals surface area contributed by atoms with E-state index in [1.165, 1.54) is 6.26 Å². The summed E-state index contributed by atoms with van der Waals surface area (Å²) in [7, 11) is 0. The molecule has 1 fully saturated rings. The Morgan fingerprint density at radius 1 is 1.07 bits per heavy atom. The molecule has 154 valence electrons. The lowest BCUT2D eigenvalue weighted by atomic mass is 9.91. The number of benzene rings is 1. The van der Waals surface area contributed by atoms with E-state index in [1.54, 1.807) is 12.1 Å². The van der Waals surface area contributed by atoms with Gasteiger partial charge in [-0.15, -0.1) is 0 Å². The predicted molar refractivity (Wildman–Crippen MR) is 100 cm³/mol. The second kappa shape index (κ2) is 9.65. The first kappa shape index (κ1) is 21.0. The van der Waals surface area contributed by atoms with Crippen LogP contribution in [0, 0.1) is 5.92 Å². The van der Waals surface area contributed by atoms with Gasteiger partial charge in [0.05, 0.1) is 43.9 Å². The molecule has 4 N–H and O–H groups in total. The first-order chi connectivity index (χ1) is 13.5. The van der Waals surface area contributed by atoms with Crippen LogP contribution in [0.25, 0.3) is 0 Å². The average Bonchev–Trinajstić information content (AvgIpc) is 3.35. The highest BCUT2D eigenvalue weighted by atomic mass is 16.6. The second-order valence-electron chi connectivity index (χ2n) is 7.28. The molecule has 0 radical (unpaired) electrons. The van der Waals surface area contributed by atoms with Gasteiger partial charge < -0.3 is 34.3 Å². The lowest BCUT2D eigenvalue weighted by molar-refractivity contribution is -0.110. The Hall–Kier alpha value is -1.74. The molecule has 1 aromatic heterocycles. The Morgan fingerprint density at radius 3 is 2.46 bits per heavy atom. The van der Waals surface area contributed by atoms with Crippen LogP contribution < -0.4 is 0 Å². The van der Waals surface area contributed by atoms with Crippen molar-refractivity contribution in [1.82, 2.24) is 0 Å². The van der Waals surface area contributed by atoms with Gasteiger partial charge in [-0.1, -0.05) is 37.3 Å². The molecular formula is C21H28O7. The minimum atomic E-state index is -1.24. The van der Waals surface area contributed by atoms with Crippen LogP contribution in [0.15, 0.2) is 53.1 Å². The first-order valence-corrected chi connectivity index (χ1v) is 9.50. The molecule has 1 aliphatic rings. The largest absolute Gasteiger partial charge is 0.466 e. The van der Waals surface area contributed by atoms with Gasteiger partial charge in [0.25, 0.3) is 0 Å². The summed E-state index contributed by atoms with van der Waals surface area (Å²) in [5.41, 5.74) is 0.996. The first-order valence-electron chi connectivity index (χ1n) is 9.50. The number of furan rings is 1. The summed E-state index contributed by atoms with van der Waals surface area (Å²) in [6.45, 7) is 1.85. The van der Waals surface area contributed by atoms with Crippen molar-refractivity contribution >= 4 is 0 Å². The zero-order valence-corrected chi connectivity index (χ0v) is 15.8. The lowest BCUT2D eigenvalue weighted by Gasteiger charge is -2.25. The summed E-state index contributed by atoms with van der Waals surface area (Å²) >= 11 is 0. The van der Waals surface area contributed by atoms with E-state index < -0.39 is 36.6 Å². The van der Waals surface area contributed by atoms with Crippen molar-refractivity contribution in [2.75, 3.05) is 6.61 Å². The van der Waals surface area contributed by atoms with Crippen LogP contribution in [-0.4, -0.2) is 57.6 Å².